The van der Waals surface area contributed by atoms with E-state index in [2.05, 4.69) is 10.1 Å². The minimum atomic E-state index is -0.816. The van der Waals surface area contributed by atoms with Gasteiger partial charge in [0.1, 0.15) is 30.4 Å². The van der Waals surface area contributed by atoms with Crippen LogP contribution in [-0.4, -0.2) is 75.9 Å². The third-order valence-corrected chi connectivity index (χ3v) is 6.20. The second-order valence-corrected chi connectivity index (χ2v) is 9.10. The molecule has 0 radical (unpaired) electrons. The highest BCUT2D eigenvalue weighted by Gasteiger charge is 2.39. The van der Waals surface area contributed by atoms with Gasteiger partial charge in [-0.2, -0.15) is 5.10 Å². The molecule has 35 heavy (non-hydrogen) atoms. The van der Waals surface area contributed by atoms with Gasteiger partial charge in [0.2, 0.25) is 0 Å². The zero-order valence-electron chi connectivity index (χ0n) is 19.3. The highest BCUT2D eigenvalue weighted by Crippen LogP contribution is 2.33. The predicted octanol–water partition coefficient (Wildman–Crippen LogP) is 2.35. The van der Waals surface area contributed by atoms with Crippen LogP contribution in [0.15, 0.2) is 30.9 Å². The molecule has 0 saturated carbocycles. The van der Waals surface area contributed by atoms with Crippen LogP contribution in [0.1, 0.15) is 25.8 Å². The maximum Gasteiger partial charge on any atom is 0.414 e. The van der Waals surface area contributed by atoms with E-state index < -0.39 is 35.7 Å². The molecular weight excluding hydrogens is 464 g/mol. The monoisotopic (exact) mass is 489 g/mol. The molecule has 2 amide bonds. The maximum absolute atomic E-state index is 15.1. The predicted molar refractivity (Wildman–Crippen MR) is 118 cm³/mol. The van der Waals surface area contributed by atoms with Crippen LogP contribution in [0.3, 0.4) is 0 Å². The van der Waals surface area contributed by atoms with Gasteiger partial charge in [-0.15, -0.1) is 0 Å². The van der Waals surface area contributed by atoms with Crippen LogP contribution in [0.25, 0.3) is 5.57 Å². The molecule has 2 atom stereocenters. The Bertz CT molecular complexity index is 1150. The molecule has 0 N–H and O–H groups in total. The van der Waals surface area contributed by atoms with Crippen molar-refractivity contribution in [2.24, 2.45) is 0 Å². The Labute approximate surface area is 200 Å². The Hall–Kier alpha value is -3.38. The number of ether oxygens (including phenoxy) is 3. The molecule has 186 valence electrons. The number of carbonyl (C=O) groups excluding carboxylic acids is 2. The third-order valence-electron chi connectivity index (χ3n) is 6.20. The van der Waals surface area contributed by atoms with Crippen LogP contribution >= 0.6 is 0 Å². The topological polar surface area (TPSA) is 99.0 Å². The lowest BCUT2D eigenvalue weighted by atomic mass is 9.97. The van der Waals surface area contributed by atoms with E-state index in [9.17, 15) is 9.59 Å². The Kier molecular flexibility index (Phi) is 6.01. The van der Waals surface area contributed by atoms with Gasteiger partial charge in [0.15, 0.2) is 11.9 Å². The number of cyclic esters (lactones) is 1. The van der Waals surface area contributed by atoms with Crippen molar-refractivity contribution in [1.29, 1.82) is 0 Å². The summed E-state index contributed by atoms with van der Waals surface area (Å²) in [5.74, 6) is -2.60. The average molecular weight is 489 g/mol. The van der Waals surface area contributed by atoms with Crippen molar-refractivity contribution in [3.8, 4) is 0 Å². The first kappa shape index (κ1) is 23.4. The Morgan fingerprint density at radius 3 is 2.63 bits per heavy atom. The Balaban J connectivity index is 1.27. The van der Waals surface area contributed by atoms with Crippen molar-refractivity contribution in [2.45, 2.75) is 44.8 Å². The van der Waals surface area contributed by atoms with E-state index in [1.54, 1.807) is 24.8 Å². The highest BCUT2D eigenvalue weighted by atomic mass is 19.1. The average Bonchev–Trinajstić information content (AvgIpc) is 3.54. The normalized spacial score (nSPS) is 24.0. The van der Waals surface area contributed by atoms with Crippen LogP contribution < -0.4 is 4.90 Å². The van der Waals surface area contributed by atoms with Crippen molar-refractivity contribution in [1.82, 2.24) is 19.7 Å². The van der Waals surface area contributed by atoms with Crippen molar-refractivity contribution < 1.29 is 32.6 Å². The largest absolute Gasteiger partial charge is 0.442 e. The van der Waals surface area contributed by atoms with Crippen LogP contribution in [0.5, 0.6) is 0 Å². The molecule has 1 unspecified atom stereocenters. The molecule has 3 aliphatic heterocycles. The van der Waals surface area contributed by atoms with Crippen LogP contribution in [0.2, 0.25) is 0 Å². The quantitative estimate of drug-likeness (QED) is 0.636. The molecule has 2 fully saturated rings. The number of halogens is 2. The standard InChI is InChI=1S/C23H25F2N5O5/c1-23(2)33-11-19(35-23)21(31)28-5-3-14(4-6-28)20-17(24)7-15(8-18(20)25)30-10-16(34-22(30)32)9-29-13-26-12-27-29/h3,7-8,12-13,16,19H,4-6,9-11H2,1-2H3/t16-,19?/m0/s1. The van der Waals surface area contributed by atoms with E-state index in [0.717, 1.165) is 12.1 Å². The van der Waals surface area contributed by atoms with E-state index in [1.165, 1.54) is 22.2 Å². The van der Waals surface area contributed by atoms with Crippen molar-refractivity contribution >= 4 is 23.3 Å². The minimum absolute atomic E-state index is 0.0732. The number of hydrogen-bond donors (Lipinski definition) is 0. The molecule has 3 aliphatic rings. The van der Waals surface area contributed by atoms with Crippen LogP contribution in [0, 0.1) is 11.6 Å². The molecule has 0 bridgehead atoms. The number of benzene rings is 1. The summed E-state index contributed by atoms with van der Waals surface area (Å²) in [5, 5.41) is 3.97. The summed E-state index contributed by atoms with van der Waals surface area (Å²) in [7, 11) is 0. The van der Waals surface area contributed by atoms with Crippen LogP contribution in [-0.2, 0) is 25.5 Å². The number of carbonyl (C=O) groups is 2. The molecule has 5 rings (SSSR count). The minimum Gasteiger partial charge on any atom is -0.442 e. The van der Waals surface area contributed by atoms with Crippen LogP contribution in [0.4, 0.5) is 19.3 Å². The molecule has 12 heteroatoms. The molecule has 0 aliphatic carbocycles. The number of aromatic nitrogens is 3. The van der Waals surface area contributed by atoms with E-state index in [4.69, 9.17) is 14.2 Å². The smallest absolute Gasteiger partial charge is 0.414 e. The number of amides is 2. The lowest BCUT2D eigenvalue weighted by molar-refractivity contribution is -0.159. The molecular formula is C23H25F2N5O5. The fraction of sp³-hybridized carbons (Fsp3) is 0.478. The fourth-order valence-electron chi connectivity index (χ4n) is 4.49. The number of rotatable bonds is 5. The molecule has 0 spiro atoms. The Morgan fingerprint density at radius 2 is 2.03 bits per heavy atom. The first-order valence-electron chi connectivity index (χ1n) is 11.3. The van der Waals surface area contributed by atoms with E-state index in [0.29, 0.717) is 12.1 Å². The third kappa shape index (κ3) is 4.76. The Morgan fingerprint density at radius 1 is 1.26 bits per heavy atom. The summed E-state index contributed by atoms with van der Waals surface area (Å²) in [6, 6.07) is 2.25. The van der Waals surface area contributed by atoms with Crippen molar-refractivity contribution in [3.05, 3.63) is 48.1 Å². The summed E-state index contributed by atoms with van der Waals surface area (Å²) in [4.78, 5) is 31.6. The summed E-state index contributed by atoms with van der Waals surface area (Å²) in [6.07, 6.45) is 2.87. The molecule has 1 aromatic heterocycles. The molecule has 4 heterocycles. The first-order valence-corrected chi connectivity index (χ1v) is 11.3. The molecule has 2 saturated heterocycles. The first-order chi connectivity index (χ1) is 16.7. The lowest BCUT2D eigenvalue weighted by Gasteiger charge is -2.29. The summed E-state index contributed by atoms with van der Waals surface area (Å²) in [5.41, 5.74) is 0.380. The van der Waals surface area contributed by atoms with Crippen molar-refractivity contribution in [3.63, 3.8) is 0 Å². The molecule has 1 aromatic carbocycles. The van der Waals surface area contributed by atoms with Gasteiger partial charge in [0.05, 0.1) is 25.4 Å². The SMILES string of the molecule is CC1(C)OCC(C(=O)N2CC=C(c3c(F)cc(N4C[C@H](Cn5cncn5)OC4=O)cc3F)CC2)O1. The number of nitrogens with zero attached hydrogens (tertiary/aromatic N) is 5. The second-order valence-electron chi connectivity index (χ2n) is 9.10. The second kappa shape index (κ2) is 9.00. The summed E-state index contributed by atoms with van der Waals surface area (Å²) < 4.78 is 48.0. The number of hydrogen-bond acceptors (Lipinski definition) is 7. The van der Waals surface area contributed by atoms with Gasteiger partial charge in [-0.05, 0) is 38.0 Å². The molecule has 2 aromatic rings. The van der Waals surface area contributed by atoms with Gasteiger partial charge in [0, 0.05) is 18.7 Å². The molecule has 10 nitrogen and oxygen atoms in total. The van der Waals surface area contributed by atoms with E-state index in [1.807, 2.05) is 0 Å². The van der Waals surface area contributed by atoms with Gasteiger partial charge in [-0.25, -0.2) is 23.2 Å². The van der Waals surface area contributed by atoms with E-state index in [-0.39, 0.29) is 49.8 Å². The zero-order valence-corrected chi connectivity index (χ0v) is 19.3. The van der Waals surface area contributed by atoms with Gasteiger partial charge < -0.3 is 19.1 Å². The van der Waals surface area contributed by atoms with Gasteiger partial charge >= 0.3 is 6.09 Å². The summed E-state index contributed by atoms with van der Waals surface area (Å²) in [6.45, 7) is 4.56. The van der Waals surface area contributed by atoms with Gasteiger partial charge in [-0.1, -0.05) is 6.08 Å². The fourth-order valence-corrected chi connectivity index (χ4v) is 4.49. The lowest BCUT2D eigenvalue weighted by Crippen LogP contribution is -2.43. The van der Waals surface area contributed by atoms with Gasteiger partial charge in [-0.3, -0.25) is 9.69 Å². The van der Waals surface area contributed by atoms with E-state index >= 15 is 8.78 Å². The van der Waals surface area contributed by atoms with Crippen molar-refractivity contribution in [2.75, 3.05) is 31.1 Å². The number of anilines is 1. The van der Waals surface area contributed by atoms with Gasteiger partial charge in [0.25, 0.3) is 5.91 Å². The maximum atomic E-state index is 15.1. The summed E-state index contributed by atoms with van der Waals surface area (Å²) >= 11 is 0. The zero-order chi connectivity index (χ0) is 24.7. The highest BCUT2D eigenvalue weighted by molar-refractivity contribution is 5.90.